The van der Waals surface area contributed by atoms with E-state index in [4.69, 9.17) is 32.9 Å². The topological polar surface area (TPSA) is 78.8 Å². The lowest BCUT2D eigenvalue weighted by atomic mass is 10.1. The second-order valence-corrected chi connectivity index (χ2v) is 8.58. The summed E-state index contributed by atoms with van der Waals surface area (Å²) in [5.74, 6) is 2.34. The summed E-state index contributed by atoms with van der Waals surface area (Å²) < 4.78 is 5.37. The molecule has 2 saturated heterocycles. The molecule has 0 unspecified atom stereocenters. The van der Waals surface area contributed by atoms with Gasteiger partial charge in [0.05, 0.1) is 18.3 Å². The maximum absolute atomic E-state index is 6.21. The first-order chi connectivity index (χ1) is 15.1. The number of aromatic nitrogens is 3. The number of rotatable bonds is 6. The van der Waals surface area contributed by atoms with E-state index in [1.807, 2.05) is 0 Å². The van der Waals surface area contributed by atoms with E-state index in [2.05, 4.69) is 30.3 Å². The fourth-order valence-corrected chi connectivity index (χ4v) is 4.51. The molecule has 0 saturated carbocycles. The van der Waals surface area contributed by atoms with Gasteiger partial charge in [-0.3, -0.25) is 0 Å². The SMILES string of the molecule is COc1c(Cl)cc(Cl)cc1/C=N\Nc1nc(N2CCCCC2)nc(N2CCCCC2)n1. The van der Waals surface area contributed by atoms with E-state index < -0.39 is 0 Å². The molecule has 0 radical (unpaired) electrons. The van der Waals surface area contributed by atoms with Gasteiger partial charge in [-0.2, -0.15) is 20.1 Å². The molecule has 166 valence electrons. The first-order valence-electron chi connectivity index (χ1n) is 10.7. The molecule has 0 aliphatic carbocycles. The smallest absolute Gasteiger partial charge is 0.250 e. The van der Waals surface area contributed by atoms with Crippen LogP contribution in [0.3, 0.4) is 0 Å². The van der Waals surface area contributed by atoms with Crippen molar-refractivity contribution in [1.82, 2.24) is 15.0 Å². The molecule has 1 aromatic heterocycles. The predicted octanol–water partition coefficient (Wildman–Crippen LogP) is 4.61. The second-order valence-electron chi connectivity index (χ2n) is 7.73. The van der Waals surface area contributed by atoms with Crippen LogP contribution in [-0.2, 0) is 0 Å². The van der Waals surface area contributed by atoms with Crippen molar-refractivity contribution < 1.29 is 4.74 Å². The summed E-state index contributed by atoms with van der Waals surface area (Å²) in [4.78, 5) is 18.5. The molecular formula is C21H27Cl2N7O. The van der Waals surface area contributed by atoms with Crippen molar-refractivity contribution in [2.24, 2.45) is 5.10 Å². The van der Waals surface area contributed by atoms with Gasteiger partial charge in [-0.1, -0.05) is 23.2 Å². The summed E-state index contributed by atoms with van der Waals surface area (Å²) in [6, 6.07) is 3.37. The van der Waals surface area contributed by atoms with Gasteiger partial charge in [-0.15, -0.1) is 0 Å². The van der Waals surface area contributed by atoms with Crippen LogP contribution < -0.4 is 20.0 Å². The fraction of sp³-hybridized carbons (Fsp3) is 0.524. The number of methoxy groups -OCH3 is 1. The van der Waals surface area contributed by atoms with Gasteiger partial charge in [0, 0.05) is 36.8 Å². The molecule has 3 heterocycles. The number of nitrogens with zero attached hydrogens (tertiary/aromatic N) is 6. The first kappa shape index (κ1) is 21.9. The molecule has 0 atom stereocenters. The number of hydrazone groups is 1. The van der Waals surface area contributed by atoms with E-state index in [9.17, 15) is 0 Å². The Balaban J connectivity index is 1.58. The molecule has 1 aromatic carbocycles. The van der Waals surface area contributed by atoms with Crippen LogP contribution in [0, 0.1) is 0 Å². The number of nitrogens with one attached hydrogen (secondary N) is 1. The van der Waals surface area contributed by atoms with E-state index >= 15 is 0 Å². The number of anilines is 3. The van der Waals surface area contributed by atoms with Crippen molar-refractivity contribution in [3.8, 4) is 5.75 Å². The van der Waals surface area contributed by atoms with Gasteiger partial charge in [-0.25, -0.2) is 5.43 Å². The molecular weight excluding hydrogens is 437 g/mol. The number of hydrogen-bond donors (Lipinski definition) is 1. The number of hydrogen-bond acceptors (Lipinski definition) is 8. The van der Waals surface area contributed by atoms with E-state index in [0.717, 1.165) is 51.9 Å². The highest BCUT2D eigenvalue weighted by molar-refractivity contribution is 6.36. The third-order valence-electron chi connectivity index (χ3n) is 5.50. The highest BCUT2D eigenvalue weighted by Gasteiger charge is 2.20. The lowest BCUT2D eigenvalue weighted by molar-refractivity contribution is 0.414. The van der Waals surface area contributed by atoms with Gasteiger partial charge in [0.25, 0.3) is 0 Å². The Labute approximate surface area is 192 Å². The summed E-state index contributed by atoms with van der Waals surface area (Å²) >= 11 is 12.3. The zero-order valence-corrected chi connectivity index (χ0v) is 19.2. The van der Waals surface area contributed by atoms with Gasteiger partial charge in [0.2, 0.25) is 17.8 Å². The van der Waals surface area contributed by atoms with Crippen LogP contribution in [0.15, 0.2) is 17.2 Å². The molecule has 0 bridgehead atoms. The normalized spacial score (nSPS) is 17.3. The number of ether oxygens (including phenoxy) is 1. The van der Waals surface area contributed by atoms with E-state index in [1.165, 1.54) is 12.8 Å². The first-order valence-corrected chi connectivity index (χ1v) is 11.5. The molecule has 0 amide bonds. The average molecular weight is 464 g/mol. The molecule has 8 nitrogen and oxygen atoms in total. The molecule has 10 heteroatoms. The Bertz CT molecular complexity index is 892. The number of piperidine rings is 2. The Morgan fingerprint density at radius 3 is 2.03 bits per heavy atom. The van der Waals surface area contributed by atoms with Crippen LogP contribution in [-0.4, -0.2) is 54.5 Å². The molecule has 2 aromatic rings. The molecule has 4 rings (SSSR count). The lowest BCUT2D eigenvalue weighted by Gasteiger charge is -2.30. The minimum absolute atomic E-state index is 0.416. The predicted molar refractivity (Wildman–Crippen MR) is 126 cm³/mol. The third kappa shape index (κ3) is 5.49. The largest absolute Gasteiger partial charge is 0.495 e. The van der Waals surface area contributed by atoms with Crippen LogP contribution in [0.25, 0.3) is 0 Å². The molecule has 2 aliphatic rings. The van der Waals surface area contributed by atoms with Gasteiger partial charge < -0.3 is 14.5 Å². The monoisotopic (exact) mass is 463 g/mol. The minimum Gasteiger partial charge on any atom is -0.495 e. The molecule has 31 heavy (non-hydrogen) atoms. The van der Waals surface area contributed by atoms with Crippen LogP contribution in [0.1, 0.15) is 44.1 Å². The van der Waals surface area contributed by atoms with Crippen LogP contribution in [0.4, 0.5) is 17.8 Å². The number of benzene rings is 1. The van der Waals surface area contributed by atoms with Crippen molar-refractivity contribution in [3.05, 3.63) is 27.7 Å². The summed E-state index contributed by atoms with van der Waals surface area (Å²) in [5.41, 5.74) is 3.62. The van der Waals surface area contributed by atoms with Gasteiger partial charge in [-0.05, 0) is 50.7 Å². The zero-order valence-electron chi connectivity index (χ0n) is 17.7. The minimum atomic E-state index is 0.416. The average Bonchev–Trinajstić information content (AvgIpc) is 2.80. The van der Waals surface area contributed by atoms with Crippen molar-refractivity contribution in [3.63, 3.8) is 0 Å². The fourth-order valence-electron chi connectivity index (χ4n) is 3.93. The number of halogens is 2. The van der Waals surface area contributed by atoms with Crippen LogP contribution >= 0.6 is 23.2 Å². The van der Waals surface area contributed by atoms with Crippen LogP contribution in [0.2, 0.25) is 10.0 Å². The summed E-state index contributed by atoms with van der Waals surface area (Å²) in [7, 11) is 1.56. The Hall–Kier alpha value is -2.32. The van der Waals surface area contributed by atoms with E-state index in [1.54, 1.807) is 25.5 Å². The van der Waals surface area contributed by atoms with Crippen LogP contribution in [0.5, 0.6) is 5.75 Å². The second kappa shape index (κ2) is 10.3. The van der Waals surface area contributed by atoms with Gasteiger partial charge in [0.1, 0.15) is 5.75 Å². The van der Waals surface area contributed by atoms with Crippen molar-refractivity contribution in [1.29, 1.82) is 0 Å². The molecule has 1 N–H and O–H groups in total. The highest BCUT2D eigenvalue weighted by Crippen LogP contribution is 2.31. The molecule has 2 fully saturated rings. The highest BCUT2D eigenvalue weighted by atomic mass is 35.5. The molecule has 2 aliphatic heterocycles. The molecule has 0 spiro atoms. The Morgan fingerprint density at radius 2 is 1.48 bits per heavy atom. The standard InChI is InChI=1S/C21H27Cl2N7O/c1-31-18-15(12-16(22)13-17(18)23)14-24-28-19-25-20(29-8-4-2-5-9-29)27-21(26-19)30-10-6-3-7-11-30/h12-14H,2-11H2,1H3,(H,25,26,27,28)/b24-14-. The lowest BCUT2D eigenvalue weighted by Crippen LogP contribution is -2.34. The van der Waals surface area contributed by atoms with E-state index in [-0.39, 0.29) is 0 Å². The van der Waals surface area contributed by atoms with Crippen molar-refractivity contribution >= 4 is 47.3 Å². The summed E-state index contributed by atoms with van der Waals surface area (Å²) in [6.07, 6.45) is 8.71. The maximum Gasteiger partial charge on any atom is 0.250 e. The zero-order chi connectivity index (χ0) is 21.6. The Morgan fingerprint density at radius 1 is 0.903 bits per heavy atom. The third-order valence-corrected chi connectivity index (χ3v) is 6.00. The van der Waals surface area contributed by atoms with Gasteiger partial charge >= 0.3 is 0 Å². The summed E-state index contributed by atoms with van der Waals surface area (Å²) in [5, 5.41) is 5.25. The quantitative estimate of drug-likeness (QED) is 0.494. The van der Waals surface area contributed by atoms with Gasteiger partial charge in [0.15, 0.2) is 0 Å². The van der Waals surface area contributed by atoms with Crippen molar-refractivity contribution in [2.45, 2.75) is 38.5 Å². The maximum atomic E-state index is 6.21. The summed E-state index contributed by atoms with van der Waals surface area (Å²) in [6.45, 7) is 3.85. The van der Waals surface area contributed by atoms with E-state index in [0.29, 0.717) is 39.2 Å². The van der Waals surface area contributed by atoms with Crippen molar-refractivity contribution in [2.75, 3.05) is 48.5 Å². The Kier molecular flexibility index (Phi) is 7.29.